The molecule has 3 rings (SSSR count). The van der Waals surface area contributed by atoms with Gasteiger partial charge in [-0.25, -0.2) is 0 Å². The molecule has 0 fully saturated rings. The van der Waals surface area contributed by atoms with Crippen LogP contribution in [-0.2, 0) is 4.57 Å². The van der Waals surface area contributed by atoms with Crippen LogP contribution in [0, 0.1) is 0 Å². The van der Waals surface area contributed by atoms with E-state index < -0.39 is 13.0 Å². The zero-order valence-corrected chi connectivity index (χ0v) is 14.1. The van der Waals surface area contributed by atoms with Crippen LogP contribution in [0.2, 0.25) is 0 Å². The minimum atomic E-state index is -3.18. The summed E-state index contributed by atoms with van der Waals surface area (Å²) < 4.78 is 13.8. The lowest BCUT2D eigenvalue weighted by molar-refractivity contribution is 0.297. The maximum Gasteiger partial charge on any atom is 0.174 e. The first kappa shape index (κ1) is 16.4. The normalized spacial score (nSPS) is 13.0. The van der Waals surface area contributed by atoms with Crippen molar-refractivity contribution in [3.05, 3.63) is 103 Å². The summed E-state index contributed by atoms with van der Waals surface area (Å²) in [6.07, 6.45) is 3.43. The Bertz CT molecular complexity index is 799. The van der Waals surface area contributed by atoms with Crippen LogP contribution in [0.15, 0.2) is 97.1 Å². The molecule has 0 saturated heterocycles. The van der Waals surface area contributed by atoms with Crippen LogP contribution in [0.25, 0.3) is 6.08 Å². The third-order valence-electron chi connectivity index (χ3n) is 3.91. The molecule has 0 bridgehead atoms. The van der Waals surface area contributed by atoms with Crippen molar-refractivity contribution < 1.29 is 9.67 Å². The monoisotopic (exact) mass is 334 g/mol. The van der Waals surface area contributed by atoms with Crippen molar-refractivity contribution in [2.24, 2.45) is 0 Å². The lowest BCUT2D eigenvalue weighted by Gasteiger charge is -2.22. The van der Waals surface area contributed by atoms with Crippen LogP contribution in [0.3, 0.4) is 0 Å². The Morgan fingerprint density at radius 3 is 1.58 bits per heavy atom. The van der Waals surface area contributed by atoms with Crippen molar-refractivity contribution in [2.45, 2.75) is 5.85 Å². The van der Waals surface area contributed by atoms with E-state index in [-0.39, 0.29) is 0 Å². The van der Waals surface area contributed by atoms with E-state index in [4.69, 9.17) is 0 Å². The summed E-state index contributed by atoms with van der Waals surface area (Å²) in [6.45, 7) is 0. The molecule has 0 amide bonds. The Kier molecular flexibility index (Phi) is 5.10. The molecule has 24 heavy (non-hydrogen) atoms. The minimum Gasteiger partial charge on any atom is -0.381 e. The second-order valence-corrected chi connectivity index (χ2v) is 8.39. The smallest absolute Gasteiger partial charge is 0.174 e. The number of aliphatic hydroxyl groups is 1. The highest BCUT2D eigenvalue weighted by atomic mass is 31.2. The Hall–Kier alpha value is -2.41. The predicted molar refractivity (Wildman–Crippen MR) is 101 cm³/mol. The van der Waals surface area contributed by atoms with E-state index in [9.17, 15) is 9.67 Å². The van der Waals surface area contributed by atoms with E-state index >= 15 is 0 Å². The Morgan fingerprint density at radius 1 is 0.708 bits per heavy atom. The molecule has 0 heterocycles. The molecule has 0 spiro atoms. The van der Waals surface area contributed by atoms with Crippen molar-refractivity contribution >= 4 is 23.8 Å². The van der Waals surface area contributed by atoms with Crippen LogP contribution >= 0.6 is 7.14 Å². The second-order valence-electron chi connectivity index (χ2n) is 5.51. The molecule has 0 unspecified atom stereocenters. The van der Waals surface area contributed by atoms with Gasteiger partial charge in [0, 0.05) is 10.6 Å². The third kappa shape index (κ3) is 3.41. The fourth-order valence-electron chi connectivity index (χ4n) is 2.64. The molecule has 1 N–H and O–H groups in total. The molecule has 3 aromatic rings. The van der Waals surface area contributed by atoms with Crippen LogP contribution in [0.4, 0.5) is 0 Å². The van der Waals surface area contributed by atoms with Crippen molar-refractivity contribution in [3.8, 4) is 0 Å². The highest BCUT2D eigenvalue weighted by Crippen LogP contribution is 2.48. The summed E-state index contributed by atoms with van der Waals surface area (Å²) in [5.41, 5.74) is 0.962. The van der Waals surface area contributed by atoms with Crippen molar-refractivity contribution in [3.63, 3.8) is 0 Å². The number of hydrogen-bond donors (Lipinski definition) is 1. The summed E-state index contributed by atoms with van der Waals surface area (Å²) in [4.78, 5) is 0. The second kappa shape index (κ2) is 7.44. The Labute approximate surface area is 142 Å². The van der Waals surface area contributed by atoms with E-state index in [2.05, 4.69) is 0 Å². The molecule has 3 aromatic carbocycles. The molecule has 1 atom stereocenters. The molecule has 120 valence electrons. The Morgan fingerprint density at radius 2 is 1.12 bits per heavy atom. The fraction of sp³-hybridized carbons (Fsp3) is 0.0476. The van der Waals surface area contributed by atoms with E-state index in [1.807, 2.05) is 97.1 Å². The molecular weight excluding hydrogens is 315 g/mol. The van der Waals surface area contributed by atoms with E-state index in [0.717, 1.165) is 5.56 Å². The summed E-state index contributed by atoms with van der Waals surface area (Å²) >= 11 is 0. The molecule has 0 radical (unpaired) electrons. The molecule has 0 aliphatic carbocycles. The van der Waals surface area contributed by atoms with Gasteiger partial charge < -0.3 is 9.67 Å². The van der Waals surface area contributed by atoms with Crippen LogP contribution in [0.1, 0.15) is 5.56 Å². The molecular formula is C21H19O2P. The van der Waals surface area contributed by atoms with Gasteiger partial charge in [-0.3, -0.25) is 0 Å². The number of rotatable bonds is 5. The standard InChI is InChI=1S/C21H19O2P/c22-21(17-16-18-10-4-1-5-11-18)24(23,19-12-6-2-7-13-19)20-14-8-3-9-15-20/h1-17,21-22H/b17-16-/t21-/m1/s1. The first-order valence-electron chi connectivity index (χ1n) is 7.83. The number of benzene rings is 3. The van der Waals surface area contributed by atoms with Gasteiger partial charge in [-0.1, -0.05) is 97.1 Å². The van der Waals surface area contributed by atoms with E-state index in [1.54, 1.807) is 6.08 Å². The molecule has 0 aromatic heterocycles. The van der Waals surface area contributed by atoms with Crippen LogP contribution in [-0.4, -0.2) is 11.0 Å². The first-order valence-corrected chi connectivity index (χ1v) is 9.61. The largest absolute Gasteiger partial charge is 0.381 e. The summed E-state index contributed by atoms with van der Waals surface area (Å²) in [6, 6.07) is 28.1. The SMILES string of the molecule is O=P(c1ccccc1)(c1ccccc1)[C@@H](O)/C=C\c1ccccc1. The highest BCUT2D eigenvalue weighted by Gasteiger charge is 2.33. The van der Waals surface area contributed by atoms with Gasteiger partial charge in [0.1, 0.15) is 5.85 Å². The van der Waals surface area contributed by atoms with Gasteiger partial charge in [-0.15, -0.1) is 0 Å². The summed E-state index contributed by atoms with van der Waals surface area (Å²) in [5, 5.41) is 12.1. The van der Waals surface area contributed by atoms with E-state index in [0.29, 0.717) is 10.6 Å². The lowest BCUT2D eigenvalue weighted by atomic mass is 10.2. The van der Waals surface area contributed by atoms with Gasteiger partial charge in [0.15, 0.2) is 7.14 Å². The molecule has 0 saturated carbocycles. The number of hydrogen-bond acceptors (Lipinski definition) is 2. The predicted octanol–water partition coefficient (Wildman–Crippen LogP) is 4.03. The third-order valence-corrected chi connectivity index (χ3v) is 6.96. The highest BCUT2D eigenvalue weighted by molar-refractivity contribution is 7.79. The van der Waals surface area contributed by atoms with Crippen LogP contribution < -0.4 is 10.6 Å². The average molecular weight is 334 g/mol. The average Bonchev–Trinajstić information content (AvgIpc) is 2.67. The van der Waals surface area contributed by atoms with Gasteiger partial charge >= 0.3 is 0 Å². The van der Waals surface area contributed by atoms with Crippen molar-refractivity contribution in [2.75, 3.05) is 0 Å². The first-order chi connectivity index (χ1) is 11.7. The quantitative estimate of drug-likeness (QED) is 0.715. The van der Waals surface area contributed by atoms with Crippen molar-refractivity contribution in [1.29, 1.82) is 0 Å². The molecule has 2 nitrogen and oxygen atoms in total. The van der Waals surface area contributed by atoms with Gasteiger partial charge in [0.2, 0.25) is 0 Å². The minimum absolute atomic E-state index is 0.654. The summed E-state index contributed by atoms with van der Waals surface area (Å²) in [7, 11) is -3.18. The van der Waals surface area contributed by atoms with Crippen LogP contribution in [0.5, 0.6) is 0 Å². The maximum atomic E-state index is 13.8. The van der Waals surface area contributed by atoms with Crippen molar-refractivity contribution in [1.82, 2.24) is 0 Å². The number of aliphatic hydroxyl groups excluding tert-OH is 1. The zero-order chi connectivity index (χ0) is 16.8. The lowest BCUT2D eigenvalue weighted by Crippen LogP contribution is -2.24. The Balaban J connectivity index is 2.02. The van der Waals surface area contributed by atoms with Gasteiger partial charge in [0.05, 0.1) is 0 Å². The van der Waals surface area contributed by atoms with Gasteiger partial charge in [-0.2, -0.15) is 0 Å². The fourth-order valence-corrected chi connectivity index (χ4v) is 5.10. The van der Waals surface area contributed by atoms with E-state index in [1.165, 1.54) is 0 Å². The molecule has 0 aliphatic rings. The maximum absolute atomic E-state index is 13.8. The summed E-state index contributed by atoms with van der Waals surface area (Å²) in [5.74, 6) is -1.08. The van der Waals surface area contributed by atoms with Gasteiger partial charge in [0.25, 0.3) is 0 Å². The molecule has 0 aliphatic heterocycles. The zero-order valence-electron chi connectivity index (χ0n) is 13.2. The topological polar surface area (TPSA) is 37.3 Å². The van der Waals surface area contributed by atoms with Gasteiger partial charge in [-0.05, 0) is 11.6 Å². The molecule has 3 heteroatoms.